The summed E-state index contributed by atoms with van der Waals surface area (Å²) in [6.45, 7) is -0.325. The zero-order chi connectivity index (χ0) is 16.8. The molecule has 0 atom stereocenters. The molecule has 1 N–H and O–H groups in total. The summed E-state index contributed by atoms with van der Waals surface area (Å²) in [6.07, 6.45) is 0. The number of rotatable bonds is 5. The molecular weight excluding hydrogens is 322 g/mol. The Hall–Kier alpha value is -3.11. The van der Waals surface area contributed by atoms with Gasteiger partial charge in [-0.1, -0.05) is 17.7 Å². The number of nitro groups is 1. The van der Waals surface area contributed by atoms with Crippen molar-refractivity contribution in [2.45, 2.75) is 0 Å². The molecular formula is C15H10ClN3O4. The van der Waals surface area contributed by atoms with E-state index >= 15 is 0 Å². The first-order valence-electron chi connectivity index (χ1n) is 6.36. The average Bonchev–Trinajstić information content (AvgIpc) is 2.53. The highest BCUT2D eigenvalue weighted by molar-refractivity contribution is 6.32. The van der Waals surface area contributed by atoms with Gasteiger partial charge in [0.2, 0.25) is 0 Å². The summed E-state index contributed by atoms with van der Waals surface area (Å²) in [7, 11) is 0. The smallest absolute Gasteiger partial charge is 0.271 e. The summed E-state index contributed by atoms with van der Waals surface area (Å²) in [5.74, 6) is -0.231. The largest absolute Gasteiger partial charge is 0.482 e. The van der Waals surface area contributed by atoms with E-state index in [1.54, 1.807) is 0 Å². The molecule has 0 fully saturated rings. The third kappa shape index (κ3) is 4.43. The Morgan fingerprint density at radius 2 is 2.13 bits per heavy atom. The number of nitro benzene ring substituents is 1. The van der Waals surface area contributed by atoms with E-state index < -0.39 is 10.8 Å². The van der Waals surface area contributed by atoms with Gasteiger partial charge in [-0.2, -0.15) is 5.26 Å². The van der Waals surface area contributed by atoms with E-state index in [0.717, 1.165) is 0 Å². The zero-order valence-electron chi connectivity index (χ0n) is 11.7. The van der Waals surface area contributed by atoms with E-state index in [1.807, 2.05) is 6.07 Å². The van der Waals surface area contributed by atoms with Crippen LogP contribution in [0.25, 0.3) is 0 Å². The molecule has 2 aromatic rings. The number of amides is 1. The topological polar surface area (TPSA) is 105 Å². The van der Waals surface area contributed by atoms with Crippen molar-refractivity contribution in [3.05, 3.63) is 63.2 Å². The predicted molar refractivity (Wildman–Crippen MR) is 83.4 cm³/mol. The summed E-state index contributed by atoms with van der Waals surface area (Å²) in [6, 6.07) is 11.9. The van der Waals surface area contributed by atoms with Crippen LogP contribution >= 0.6 is 11.6 Å². The first-order chi connectivity index (χ1) is 11.0. The summed E-state index contributed by atoms with van der Waals surface area (Å²) in [5.41, 5.74) is 0.543. The fourth-order valence-corrected chi connectivity index (χ4v) is 1.96. The number of nitrogens with zero attached hydrogens (tertiary/aromatic N) is 2. The van der Waals surface area contributed by atoms with Crippen LogP contribution in [0.1, 0.15) is 5.56 Å². The number of non-ortho nitro benzene ring substituents is 1. The van der Waals surface area contributed by atoms with Crippen LogP contribution in [-0.4, -0.2) is 17.4 Å². The van der Waals surface area contributed by atoms with Crippen LogP contribution in [0, 0.1) is 21.4 Å². The van der Waals surface area contributed by atoms with E-state index in [-0.39, 0.29) is 23.1 Å². The number of carbonyl (C=O) groups excluding carboxylic acids is 1. The Morgan fingerprint density at radius 1 is 1.35 bits per heavy atom. The van der Waals surface area contributed by atoms with Crippen molar-refractivity contribution in [2.75, 3.05) is 11.9 Å². The highest BCUT2D eigenvalue weighted by atomic mass is 35.5. The van der Waals surface area contributed by atoms with Crippen LogP contribution in [0.2, 0.25) is 5.02 Å². The van der Waals surface area contributed by atoms with Crippen LogP contribution in [0.5, 0.6) is 5.75 Å². The summed E-state index contributed by atoms with van der Waals surface area (Å²) in [5, 5.41) is 22.1. The lowest BCUT2D eigenvalue weighted by molar-refractivity contribution is -0.384. The number of nitriles is 1. The second-order valence-electron chi connectivity index (χ2n) is 4.40. The van der Waals surface area contributed by atoms with Gasteiger partial charge in [-0.15, -0.1) is 0 Å². The van der Waals surface area contributed by atoms with Crippen LogP contribution in [-0.2, 0) is 4.79 Å². The Kier molecular flexibility index (Phi) is 5.12. The molecule has 0 bridgehead atoms. The minimum atomic E-state index is -0.553. The number of hydrogen-bond donors (Lipinski definition) is 1. The number of anilines is 1. The summed E-state index contributed by atoms with van der Waals surface area (Å²) < 4.78 is 5.26. The van der Waals surface area contributed by atoms with Gasteiger partial charge in [0, 0.05) is 17.8 Å². The molecule has 8 heteroatoms. The van der Waals surface area contributed by atoms with E-state index in [1.165, 1.54) is 42.5 Å². The first kappa shape index (κ1) is 16.3. The van der Waals surface area contributed by atoms with E-state index in [2.05, 4.69) is 5.32 Å². The van der Waals surface area contributed by atoms with E-state index in [9.17, 15) is 14.9 Å². The molecule has 0 aromatic heterocycles. The molecule has 0 saturated heterocycles. The highest BCUT2D eigenvalue weighted by Gasteiger charge is 2.10. The maximum Gasteiger partial charge on any atom is 0.271 e. The molecule has 0 spiro atoms. The fourth-order valence-electron chi connectivity index (χ4n) is 1.73. The molecule has 0 aliphatic rings. The van der Waals surface area contributed by atoms with Gasteiger partial charge in [-0.05, 0) is 24.3 Å². The van der Waals surface area contributed by atoms with E-state index in [4.69, 9.17) is 21.6 Å². The van der Waals surface area contributed by atoms with Gasteiger partial charge in [0.1, 0.15) is 5.75 Å². The Bertz CT molecular complexity index is 802. The molecule has 0 radical (unpaired) electrons. The van der Waals surface area contributed by atoms with E-state index in [0.29, 0.717) is 11.3 Å². The Balaban J connectivity index is 1.97. The number of halogens is 1. The zero-order valence-corrected chi connectivity index (χ0v) is 12.4. The van der Waals surface area contributed by atoms with Crippen LogP contribution < -0.4 is 10.1 Å². The third-order valence-electron chi connectivity index (χ3n) is 2.76. The molecule has 0 aliphatic carbocycles. The molecule has 0 aliphatic heterocycles. The predicted octanol–water partition coefficient (Wildman–Crippen LogP) is 3.14. The standard InChI is InChI=1S/C15H10ClN3O4/c16-13-6-10(8-17)4-5-14(13)23-9-15(20)18-11-2-1-3-12(7-11)19(21)22/h1-7H,9H2,(H,18,20). The number of carbonyl (C=O) groups is 1. The minimum absolute atomic E-state index is 0.126. The SMILES string of the molecule is N#Cc1ccc(OCC(=O)Nc2cccc([N+](=O)[O-])c2)c(Cl)c1. The average molecular weight is 332 g/mol. The number of nitrogens with one attached hydrogen (secondary N) is 1. The lowest BCUT2D eigenvalue weighted by Crippen LogP contribution is -2.20. The van der Waals surface area contributed by atoms with Crippen molar-refractivity contribution in [3.63, 3.8) is 0 Å². The number of ether oxygens (including phenoxy) is 1. The van der Waals surface area contributed by atoms with Gasteiger partial charge in [-0.25, -0.2) is 0 Å². The normalized spacial score (nSPS) is 9.74. The summed E-state index contributed by atoms with van der Waals surface area (Å²) >= 11 is 5.92. The monoisotopic (exact) mass is 331 g/mol. The molecule has 0 saturated carbocycles. The maximum absolute atomic E-state index is 11.8. The van der Waals surface area contributed by atoms with Gasteiger partial charge < -0.3 is 10.1 Å². The second-order valence-corrected chi connectivity index (χ2v) is 4.81. The summed E-state index contributed by atoms with van der Waals surface area (Å²) in [4.78, 5) is 21.9. The molecule has 0 heterocycles. The van der Waals surface area contributed by atoms with Gasteiger partial charge in [0.05, 0.1) is 21.6 Å². The minimum Gasteiger partial charge on any atom is -0.482 e. The third-order valence-corrected chi connectivity index (χ3v) is 3.06. The molecule has 7 nitrogen and oxygen atoms in total. The second kappa shape index (κ2) is 7.24. The van der Waals surface area contributed by atoms with Crippen molar-refractivity contribution < 1.29 is 14.5 Å². The molecule has 116 valence electrons. The lowest BCUT2D eigenvalue weighted by Gasteiger charge is -2.09. The van der Waals surface area contributed by atoms with Gasteiger partial charge in [0.25, 0.3) is 11.6 Å². The fraction of sp³-hybridized carbons (Fsp3) is 0.0667. The molecule has 2 rings (SSSR count). The van der Waals surface area contributed by atoms with Gasteiger partial charge in [-0.3, -0.25) is 14.9 Å². The van der Waals surface area contributed by atoms with Crippen molar-refractivity contribution in [3.8, 4) is 11.8 Å². The molecule has 2 aromatic carbocycles. The van der Waals surface area contributed by atoms with Crippen LogP contribution in [0.3, 0.4) is 0 Å². The Morgan fingerprint density at radius 3 is 2.78 bits per heavy atom. The maximum atomic E-state index is 11.8. The van der Waals surface area contributed by atoms with Crippen molar-refractivity contribution >= 4 is 28.9 Å². The van der Waals surface area contributed by atoms with Crippen LogP contribution in [0.4, 0.5) is 11.4 Å². The van der Waals surface area contributed by atoms with Crippen molar-refractivity contribution in [1.29, 1.82) is 5.26 Å². The number of hydrogen-bond acceptors (Lipinski definition) is 5. The van der Waals surface area contributed by atoms with Gasteiger partial charge in [0.15, 0.2) is 6.61 Å². The quantitative estimate of drug-likeness (QED) is 0.669. The van der Waals surface area contributed by atoms with Crippen LogP contribution in [0.15, 0.2) is 42.5 Å². The first-order valence-corrected chi connectivity index (χ1v) is 6.74. The highest BCUT2D eigenvalue weighted by Crippen LogP contribution is 2.25. The van der Waals surface area contributed by atoms with Crippen molar-refractivity contribution in [1.82, 2.24) is 0 Å². The molecule has 23 heavy (non-hydrogen) atoms. The lowest BCUT2D eigenvalue weighted by atomic mass is 10.2. The van der Waals surface area contributed by atoms with Crippen molar-refractivity contribution in [2.24, 2.45) is 0 Å². The number of benzene rings is 2. The van der Waals surface area contributed by atoms with Gasteiger partial charge >= 0.3 is 0 Å². The molecule has 1 amide bonds. The Labute approximate surface area is 136 Å². The molecule has 0 unspecified atom stereocenters.